The Bertz CT molecular complexity index is 1680. The molecule has 4 rings (SSSR count). The van der Waals surface area contributed by atoms with Crippen LogP contribution in [0.25, 0.3) is 22.0 Å². The monoisotopic (exact) mass is 591 g/mol. The van der Waals surface area contributed by atoms with E-state index in [1.165, 1.54) is 6.07 Å². The molecule has 196 valence electrons. The van der Waals surface area contributed by atoms with E-state index < -0.39 is 10.0 Å². The van der Waals surface area contributed by atoms with Crippen molar-refractivity contribution in [1.82, 2.24) is 9.78 Å². The highest BCUT2D eigenvalue weighted by molar-refractivity contribution is 9.10. The quantitative estimate of drug-likeness (QED) is 0.190. The Morgan fingerprint density at radius 2 is 1.63 bits per heavy atom. The van der Waals surface area contributed by atoms with Gasteiger partial charge in [0.1, 0.15) is 5.69 Å². The molecule has 0 aliphatic heterocycles. The Balaban J connectivity index is 0.000000212. The minimum Gasteiger partial charge on any atom is -0.293 e. The van der Waals surface area contributed by atoms with Gasteiger partial charge in [0.2, 0.25) is 10.0 Å². The van der Waals surface area contributed by atoms with Crippen LogP contribution >= 0.6 is 15.9 Å². The van der Waals surface area contributed by atoms with E-state index in [0.29, 0.717) is 11.3 Å². The number of nitrogens with zero attached hydrogens (tertiary/aromatic N) is 2. The lowest BCUT2D eigenvalue weighted by Gasteiger charge is -2.07. The number of carbonyl (C=O) groups excluding carboxylic acids is 1. The molecule has 0 aliphatic rings. The summed E-state index contributed by atoms with van der Waals surface area (Å²) in [6.07, 6.45) is 5.34. The maximum Gasteiger partial charge on any atom is 0.238 e. The van der Waals surface area contributed by atoms with E-state index in [0.717, 1.165) is 37.8 Å². The molecule has 4 aromatic rings. The number of aromatic nitrogens is 2. The first-order chi connectivity index (χ1) is 17.9. The summed E-state index contributed by atoms with van der Waals surface area (Å²) in [5.74, 6) is 0.0153. The van der Waals surface area contributed by atoms with E-state index in [2.05, 4.69) is 33.7 Å². The standard InChI is InChI=1S/C16H13BrN2O.C14H17NO2S/c1-10-7-16(11(2)20)19(18-10)15-6-4-12-8-14(17)5-3-13(12)9-15;1-4-12(10-9-11(2)3)13-7-5-6-8-14(13)18(15,16)17/h3-9H,1-2H3;4-10H,1H2,2-3H3,(H2,15,16,17)/b;12-10+. The van der Waals surface area contributed by atoms with Gasteiger partial charge in [-0.3, -0.25) is 4.79 Å². The molecule has 1 aromatic heterocycles. The number of ketones is 1. The first-order valence-electron chi connectivity index (χ1n) is 11.8. The van der Waals surface area contributed by atoms with Crippen LogP contribution in [0.1, 0.15) is 42.5 Å². The number of sulfonamides is 1. The van der Waals surface area contributed by atoms with Crippen molar-refractivity contribution < 1.29 is 13.2 Å². The Kier molecular flexibility index (Phi) is 9.38. The van der Waals surface area contributed by atoms with Crippen LogP contribution in [0, 0.1) is 6.92 Å². The fourth-order valence-electron chi connectivity index (χ4n) is 3.76. The molecule has 0 saturated heterocycles. The molecule has 0 unspecified atom stereocenters. The van der Waals surface area contributed by atoms with Gasteiger partial charge in [0, 0.05) is 17.0 Å². The predicted octanol–water partition coefficient (Wildman–Crippen LogP) is 7.17. The zero-order chi connectivity index (χ0) is 28.0. The van der Waals surface area contributed by atoms with E-state index in [9.17, 15) is 13.2 Å². The van der Waals surface area contributed by atoms with Crippen LogP contribution in [-0.2, 0) is 10.0 Å². The normalized spacial score (nSPS) is 11.5. The summed E-state index contributed by atoms with van der Waals surface area (Å²) in [6.45, 7) is 11.1. The Morgan fingerprint density at radius 3 is 2.26 bits per heavy atom. The van der Waals surface area contributed by atoms with Crippen LogP contribution in [0.3, 0.4) is 0 Å². The average molecular weight is 593 g/mol. The van der Waals surface area contributed by atoms with Crippen LogP contribution in [0.15, 0.2) is 106 Å². The molecule has 0 aliphatic carbocycles. The number of nitrogens with two attached hydrogens (primary N) is 1. The summed E-state index contributed by atoms with van der Waals surface area (Å²) in [7, 11) is -3.74. The molecular formula is C30H30BrN3O3S. The first-order valence-corrected chi connectivity index (χ1v) is 14.1. The van der Waals surface area contributed by atoms with Crippen LogP contribution < -0.4 is 5.14 Å². The van der Waals surface area contributed by atoms with Gasteiger partial charge in [-0.1, -0.05) is 76.6 Å². The van der Waals surface area contributed by atoms with Gasteiger partial charge in [0.25, 0.3) is 0 Å². The SMILES string of the molecule is C=C/C(=C\C=C(C)C)c1ccccc1S(N)(=O)=O.CC(=O)c1cc(C)nn1-c1ccc2cc(Br)ccc2c1. The number of hydrogen-bond donors (Lipinski definition) is 1. The van der Waals surface area contributed by atoms with Crippen LogP contribution in [0.2, 0.25) is 0 Å². The molecule has 1 heterocycles. The fraction of sp³-hybridized carbons (Fsp3) is 0.133. The molecule has 6 nitrogen and oxygen atoms in total. The zero-order valence-electron chi connectivity index (χ0n) is 21.8. The number of allylic oxidation sites excluding steroid dienone is 5. The zero-order valence-corrected chi connectivity index (χ0v) is 24.2. The van der Waals surface area contributed by atoms with Gasteiger partial charge >= 0.3 is 0 Å². The minimum atomic E-state index is -3.74. The average Bonchev–Trinajstić information content (AvgIpc) is 3.26. The number of aryl methyl sites for hydroxylation is 1. The van der Waals surface area contributed by atoms with Gasteiger partial charge < -0.3 is 0 Å². The van der Waals surface area contributed by atoms with Gasteiger partial charge in [0.15, 0.2) is 5.78 Å². The molecule has 8 heteroatoms. The van der Waals surface area contributed by atoms with Crippen molar-refractivity contribution in [1.29, 1.82) is 0 Å². The van der Waals surface area contributed by atoms with Gasteiger partial charge in [-0.15, -0.1) is 0 Å². The lowest BCUT2D eigenvalue weighted by Crippen LogP contribution is -2.14. The maximum atomic E-state index is 11.7. The number of hydrogen-bond acceptors (Lipinski definition) is 4. The Hall–Kier alpha value is -3.59. The highest BCUT2D eigenvalue weighted by Crippen LogP contribution is 2.24. The topological polar surface area (TPSA) is 95.1 Å². The van der Waals surface area contributed by atoms with Crippen LogP contribution in [0.4, 0.5) is 0 Å². The number of primary sulfonamides is 1. The molecule has 38 heavy (non-hydrogen) atoms. The van der Waals surface area contributed by atoms with Crippen molar-refractivity contribution in [3.63, 3.8) is 0 Å². The van der Waals surface area contributed by atoms with Crippen LogP contribution in [0.5, 0.6) is 0 Å². The summed E-state index contributed by atoms with van der Waals surface area (Å²) in [4.78, 5) is 11.8. The summed E-state index contributed by atoms with van der Waals surface area (Å²) in [6, 6.07) is 20.6. The second-order valence-corrected chi connectivity index (χ2v) is 11.4. The Labute approximate surface area is 232 Å². The number of Topliss-reactive ketones (excluding diaryl/α,β-unsaturated/α-hetero) is 1. The van der Waals surface area contributed by atoms with E-state index in [-0.39, 0.29) is 10.7 Å². The summed E-state index contributed by atoms with van der Waals surface area (Å²) in [5, 5.41) is 11.9. The van der Waals surface area contributed by atoms with Crippen molar-refractivity contribution in [3.05, 3.63) is 119 Å². The third-order valence-electron chi connectivity index (χ3n) is 5.54. The molecule has 0 atom stereocenters. The van der Waals surface area contributed by atoms with Crippen molar-refractivity contribution in [3.8, 4) is 5.69 Å². The molecule has 2 N–H and O–H groups in total. The smallest absolute Gasteiger partial charge is 0.238 e. The molecule has 0 fully saturated rings. The molecule has 0 radical (unpaired) electrons. The van der Waals surface area contributed by atoms with Gasteiger partial charge in [-0.05, 0) is 73.5 Å². The number of fused-ring (bicyclic) bond motifs is 1. The fourth-order valence-corrected chi connectivity index (χ4v) is 4.90. The minimum absolute atomic E-state index is 0.0153. The molecular weight excluding hydrogens is 562 g/mol. The highest BCUT2D eigenvalue weighted by atomic mass is 79.9. The summed E-state index contributed by atoms with van der Waals surface area (Å²) >= 11 is 3.47. The molecule has 0 bridgehead atoms. The van der Waals surface area contributed by atoms with Gasteiger partial charge in [-0.25, -0.2) is 18.2 Å². The summed E-state index contributed by atoms with van der Waals surface area (Å²) < 4.78 is 25.8. The number of halogens is 1. The predicted molar refractivity (Wildman–Crippen MR) is 159 cm³/mol. The molecule has 3 aromatic carbocycles. The number of carbonyl (C=O) groups is 1. The van der Waals surface area contributed by atoms with Crippen molar-refractivity contribution in [2.75, 3.05) is 0 Å². The van der Waals surface area contributed by atoms with Gasteiger partial charge in [0.05, 0.1) is 16.3 Å². The van der Waals surface area contributed by atoms with E-state index in [4.69, 9.17) is 5.14 Å². The first kappa shape index (κ1) is 29.0. The van der Waals surface area contributed by atoms with E-state index in [1.54, 1.807) is 35.9 Å². The highest BCUT2D eigenvalue weighted by Gasteiger charge is 2.14. The van der Waals surface area contributed by atoms with Crippen molar-refractivity contribution >= 4 is 48.1 Å². The Morgan fingerprint density at radius 1 is 0.974 bits per heavy atom. The van der Waals surface area contributed by atoms with E-state index in [1.807, 2.05) is 69.3 Å². The number of rotatable bonds is 6. The molecule has 0 spiro atoms. The molecule has 0 amide bonds. The third-order valence-corrected chi connectivity index (χ3v) is 7.01. The second-order valence-electron chi connectivity index (χ2n) is 8.93. The lowest BCUT2D eigenvalue weighted by molar-refractivity contribution is 0.101. The van der Waals surface area contributed by atoms with E-state index >= 15 is 0 Å². The largest absolute Gasteiger partial charge is 0.293 e. The lowest BCUT2D eigenvalue weighted by atomic mass is 10.1. The van der Waals surface area contributed by atoms with Gasteiger partial charge in [-0.2, -0.15) is 5.10 Å². The molecule has 0 saturated carbocycles. The number of benzene rings is 3. The summed E-state index contributed by atoms with van der Waals surface area (Å²) in [5.41, 5.74) is 4.75. The maximum absolute atomic E-state index is 11.7. The van der Waals surface area contributed by atoms with Crippen molar-refractivity contribution in [2.45, 2.75) is 32.6 Å². The second kappa shape index (κ2) is 12.3. The van der Waals surface area contributed by atoms with Crippen molar-refractivity contribution in [2.24, 2.45) is 5.14 Å². The van der Waals surface area contributed by atoms with Crippen LogP contribution in [-0.4, -0.2) is 24.0 Å². The third kappa shape index (κ3) is 7.25.